The monoisotopic (exact) mass is 443 g/mol. The molecular weight excluding hydrogens is 419 g/mol. The minimum Gasteiger partial charge on any atom is -0.474 e. The van der Waals surface area contributed by atoms with Gasteiger partial charge >= 0.3 is 6.18 Å². The van der Waals surface area contributed by atoms with Crippen molar-refractivity contribution in [2.75, 3.05) is 0 Å². The van der Waals surface area contributed by atoms with Crippen LogP contribution in [0.3, 0.4) is 0 Å². The zero-order valence-corrected chi connectivity index (χ0v) is 17.4. The molecule has 1 unspecified atom stereocenters. The van der Waals surface area contributed by atoms with Crippen LogP contribution in [-0.2, 0) is 19.0 Å². The van der Waals surface area contributed by atoms with E-state index in [-0.39, 0.29) is 18.1 Å². The van der Waals surface area contributed by atoms with Crippen molar-refractivity contribution in [1.29, 1.82) is 0 Å². The van der Waals surface area contributed by atoms with Gasteiger partial charge in [0.25, 0.3) is 0 Å². The molecule has 0 saturated heterocycles. The van der Waals surface area contributed by atoms with E-state index in [1.807, 2.05) is 22.8 Å². The number of nitrogens with two attached hydrogens (primary N) is 1. The van der Waals surface area contributed by atoms with Crippen molar-refractivity contribution in [3.8, 4) is 11.6 Å². The summed E-state index contributed by atoms with van der Waals surface area (Å²) < 4.78 is 47.8. The molecule has 1 saturated carbocycles. The molecule has 2 aromatic heterocycles. The summed E-state index contributed by atoms with van der Waals surface area (Å²) in [6.07, 6.45) is 1.66. The third kappa shape index (κ3) is 4.09. The van der Waals surface area contributed by atoms with Gasteiger partial charge in [-0.15, -0.1) is 10.2 Å². The van der Waals surface area contributed by atoms with Crippen molar-refractivity contribution in [2.45, 2.75) is 62.8 Å². The summed E-state index contributed by atoms with van der Waals surface area (Å²) >= 11 is 0. The molecule has 6 nitrogen and oxygen atoms in total. The van der Waals surface area contributed by atoms with E-state index >= 15 is 0 Å². The lowest BCUT2D eigenvalue weighted by molar-refractivity contribution is -0.137. The number of nitrogens with zero attached hydrogens (tertiary/aromatic N) is 4. The van der Waals surface area contributed by atoms with Gasteiger partial charge < -0.3 is 10.5 Å². The Bertz CT molecular complexity index is 1090. The Morgan fingerprint density at radius 2 is 1.81 bits per heavy atom. The fourth-order valence-corrected chi connectivity index (χ4v) is 4.75. The van der Waals surface area contributed by atoms with Crippen LogP contribution in [0.1, 0.15) is 54.4 Å². The third-order valence-electron chi connectivity index (χ3n) is 6.29. The van der Waals surface area contributed by atoms with E-state index in [4.69, 9.17) is 10.5 Å². The molecule has 1 fully saturated rings. The maximum absolute atomic E-state index is 13.3. The van der Waals surface area contributed by atoms with E-state index in [2.05, 4.69) is 15.2 Å². The fourth-order valence-electron chi connectivity index (χ4n) is 4.75. The van der Waals surface area contributed by atoms with Crippen LogP contribution in [-0.4, -0.2) is 31.9 Å². The lowest BCUT2D eigenvalue weighted by Crippen LogP contribution is -2.25. The summed E-state index contributed by atoms with van der Waals surface area (Å²) in [6, 6.07) is 9.15. The Hall–Kier alpha value is -2.94. The number of rotatable bonds is 3. The number of alkyl halides is 3. The molecule has 0 bridgehead atoms. The molecule has 0 spiro atoms. The second-order valence-corrected chi connectivity index (χ2v) is 8.58. The molecule has 0 amide bonds. The van der Waals surface area contributed by atoms with Crippen LogP contribution in [0.25, 0.3) is 5.69 Å². The largest absolute Gasteiger partial charge is 0.474 e. The van der Waals surface area contributed by atoms with Crippen LogP contribution >= 0.6 is 0 Å². The van der Waals surface area contributed by atoms with Crippen LogP contribution in [0.2, 0.25) is 0 Å². The SMILES string of the molecule is NC1Cc2cc(C(F)(F)F)ccc2-n2c(nnc2[C@H]2CC[C@H](Oc3ccccn3)CC2)C1. The summed E-state index contributed by atoms with van der Waals surface area (Å²) in [6.45, 7) is 0. The van der Waals surface area contributed by atoms with Crippen molar-refractivity contribution >= 4 is 0 Å². The molecule has 32 heavy (non-hydrogen) atoms. The second kappa shape index (κ2) is 8.20. The van der Waals surface area contributed by atoms with Crippen LogP contribution < -0.4 is 10.5 Å². The molecule has 2 N–H and O–H groups in total. The van der Waals surface area contributed by atoms with E-state index in [0.717, 1.165) is 37.6 Å². The first-order valence-electron chi connectivity index (χ1n) is 10.9. The Morgan fingerprint density at radius 3 is 2.53 bits per heavy atom. The highest BCUT2D eigenvalue weighted by Crippen LogP contribution is 2.38. The first-order valence-corrected chi connectivity index (χ1v) is 10.9. The van der Waals surface area contributed by atoms with Crippen LogP contribution in [0, 0.1) is 0 Å². The van der Waals surface area contributed by atoms with E-state index in [0.29, 0.717) is 35.8 Å². The molecule has 1 aromatic carbocycles. The summed E-state index contributed by atoms with van der Waals surface area (Å²) in [7, 11) is 0. The van der Waals surface area contributed by atoms with E-state index in [9.17, 15) is 13.2 Å². The second-order valence-electron chi connectivity index (χ2n) is 8.58. The molecular formula is C23H24F3N5O. The van der Waals surface area contributed by atoms with Crippen molar-refractivity contribution in [3.63, 3.8) is 0 Å². The number of fused-ring (bicyclic) bond motifs is 3. The molecule has 1 atom stereocenters. The number of pyridine rings is 1. The Morgan fingerprint density at radius 1 is 1.00 bits per heavy atom. The normalized spacial score (nSPS) is 23.2. The van der Waals surface area contributed by atoms with Gasteiger partial charge in [-0.2, -0.15) is 13.2 Å². The van der Waals surface area contributed by atoms with Gasteiger partial charge in [-0.3, -0.25) is 4.57 Å². The highest BCUT2D eigenvalue weighted by atomic mass is 19.4. The fraction of sp³-hybridized carbons (Fsp3) is 0.435. The van der Waals surface area contributed by atoms with Gasteiger partial charge in [0.05, 0.1) is 11.3 Å². The minimum absolute atomic E-state index is 0.0859. The zero-order valence-electron chi connectivity index (χ0n) is 17.4. The lowest BCUT2D eigenvalue weighted by Gasteiger charge is -2.28. The molecule has 1 aliphatic heterocycles. The smallest absolute Gasteiger partial charge is 0.416 e. The average Bonchev–Trinajstić information content (AvgIpc) is 3.11. The van der Waals surface area contributed by atoms with Crippen molar-refractivity contribution in [1.82, 2.24) is 19.7 Å². The van der Waals surface area contributed by atoms with Gasteiger partial charge in [0.2, 0.25) is 5.88 Å². The number of ether oxygens (including phenoxy) is 1. The van der Waals surface area contributed by atoms with Gasteiger partial charge in [-0.25, -0.2) is 4.98 Å². The standard InChI is InChI=1S/C23H24F3N5O/c24-23(25,26)16-6-9-19-15(11-16)12-17(27)13-20-29-30-22(31(19)20)14-4-7-18(8-5-14)32-21-3-1-2-10-28-21/h1-3,6,9-11,14,17-18H,4-5,7-8,12-13,27H2/t14-,17?,18-. The summed E-state index contributed by atoms with van der Waals surface area (Å²) in [5.41, 5.74) is 6.84. The maximum atomic E-state index is 13.3. The zero-order chi connectivity index (χ0) is 22.3. The molecule has 5 rings (SSSR count). The molecule has 0 radical (unpaired) electrons. The van der Waals surface area contributed by atoms with Crippen LogP contribution in [0.4, 0.5) is 13.2 Å². The average molecular weight is 443 g/mol. The first kappa shape index (κ1) is 20.9. The third-order valence-corrected chi connectivity index (χ3v) is 6.29. The summed E-state index contributed by atoms with van der Waals surface area (Å²) in [5.74, 6) is 2.28. The quantitative estimate of drug-likeness (QED) is 0.656. The Balaban J connectivity index is 1.41. The summed E-state index contributed by atoms with van der Waals surface area (Å²) in [4.78, 5) is 4.23. The Kier molecular flexibility index (Phi) is 5.36. The first-order chi connectivity index (χ1) is 15.4. The van der Waals surface area contributed by atoms with E-state index in [1.165, 1.54) is 12.1 Å². The van der Waals surface area contributed by atoms with Crippen LogP contribution in [0.15, 0.2) is 42.6 Å². The molecule has 9 heteroatoms. The van der Waals surface area contributed by atoms with E-state index in [1.54, 1.807) is 6.20 Å². The molecule has 3 aromatic rings. The van der Waals surface area contributed by atoms with Crippen molar-refractivity contribution < 1.29 is 17.9 Å². The topological polar surface area (TPSA) is 78.9 Å². The molecule has 2 aliphatic rings. The number of halogens is 3. The summed E-state index contributed by atoms with van der Waals surface area (Å²) in [5, 5.41) is 8.83. The van der Waals surface area contributed by atoms with Gasteiger partial charge in [0.15, 0.2) is 0 Å². The van der Waals surface area contributed by atoms with E-state index < -0.39 is 11.7 Å². The highest BCUT2D eigenvalue weighted by molar-refractivity contribution is 5.48. The molecule has 1 aliphatic carbocycles. The number of benzene rings is 1. The van der Waals surface area contributed by atoms with Gasteiger partial charge in [-0.1, -0.05) is 6.07 Å². The predicted octanol–water partition coefficient (Wildman–Crippen LogP) is 4.21. The molecule has 168 valence electrons. The minimum atomic E-state index is -4.39. The molecule has 3 heterocycles. The highest BCUT2D eigenvalue weighted by Gasteiger charge is 2.34. The lowest BCUT2D eigenvalue weighted by atomic mass is 9.86. The maximum Gasteiger partial charge on any atom is 0.416 e. The van der Waals surface area contributed by atoms with Crippen molar-refractivity contribution in [3.05, 3.63) is 65.4 Å². The predicted molar refractivity (Wildman–Crippen MR) is 112 cm³/mol. The van der Waals surface area contributed by atoms with Gasteiger partial charge in [0, 0.05) is 30.6 Å². The number of hydrogen-bond donors (Lipinski definition) is 1. The number of hydrogen-bond acceptors (Lipinski definition) is 5. The number of aromatic nitrogens is 4. The Labute approximate surface area is 183 Å². The van der Waals surface area contributed by atoms with Gasteiger partial charge in [0.1, 0.15) is 17.8 Å². The van der Waals surface area contributed by atoms with Crippen LogP contribution in [0.5, 0.6) is 5.88 Å². The van der Waals surface area contributed by atoms with Crippen molar-refractivity contribution in [2.24, 2.45) is 5.73 Å². The van der Waals surface area contributed by atoms with Gasteiger partial charge in [-0.05, 0) is 61.9 Å².